The van der Waals surface area contributed by atoms with Crippen molar-refractivity contribution in [3.8, 4) is 0 Å². The van der Waals surface area contributed by atoms with Crippen molar-refractivity contribution < 1.29 is 14.3 Å². The van der Waals surface area contributed by atoms with E-state index in [9.17, 15) is 4.79 Å². The first kappa shape index (κ1) is 14.8. The first-order valence-corrected chi connectivity index (χ1v) is 7.68. The Hall–Kier alpha value is -0.610. The minimum Gasteiger partial charge on any atom is -0.466 e. The van der Waals surface area contributed by atoms with Crippen LogP contribution in [0.5, 0.6) is 0 Å². The summed E-state index contributed by atoms with van der Waals surface area (Å²) in [5.41, 5.74) is 0. The Bertz CT molecular complexity index is 295. The predicted octanol–water partition coefficient (Wildman–Crippen LogP) is 2.22. The van der Waals surface area contributed by atoms with Crippen LogP contribution in [0.4, 0.5) is 0 Å². The third kappa shape index (κ3) is 3.93. The molecule has 0 aromatic heterocycles. The lowest BCUT2D eigenvalue weighted by atomic mass is 9.88. The number of piperidine rings is 1. The molecule has 0 N–H and O–H groups in total. The highest BCUT2D eigenvalue weighted by Crippen LogP contribution is 2.28. The van der Waals surface area contributed by atoms with Crippen LogP contribution in [-0.4, -0.2) is 49.8 Å². The standard InChI is InChI=1S/C15H27NO3/c1-3-19-15(17)12-6-5-9-16(11-12)13-7-4-8-14(10-13)18-2/h12-14H,3-11H2,1-2H3/t12-,13?,14?/m0/s1. The van der Waals surface area contributed by atoms with Crippen molar-refractivity contribution in [2.45, 2.75) is 57.6 Å². The minimum absolute atomic E-state index is 0.00805. The summed E-state index contributed by atoms with van der Waals surface area (Å²) >= 11 is 0. The molecule has 0 spiro atoms. The molecular formula is C15H27NO3. The molecule has 0 bridgehead atoms. The zero-order chi connectivity index (χ0) is 13.7. The fraction of sp³-hybridized carbons (Fsp3) is 0.933. The van der Waals surface area contributed by atoms with E-state index in [1.54, 1.807) is 0 Å². The van der Waals surface area contributed by atoms with Gasteiger partial charge in [-0.2, -0.15) is 0 Å². The zero-order valence-electron chi connectivity index (χ0n) is 12.3. The van der Waals surface area contributed by atoms with E-state index < -0.39 is 0 Å². The molecule has 4 heteroatoms. The first-order chi connectivity index (χ1) is 9.24. The molecule has 0 amide bonds. The van der Waals surface area contributed by atoms with Crippen molar-refractivity contribution in [3.63, 3.8) is 0 Å². The summed E-state index contributed by atoms with van der Waals surface area (Å²) in [6, 6.07) is 0.593. The van der Waals surface area contributed by atoms with Crippen molar-refractivity contribution in [2.24, 2.45) is 5.92 Å². The molecule has 0 aromatic rings. The van der Waals surface area contributed by atoms with Gasteiger partial charge in [0.05, 0.1) is 18.6 Å². The average molecular weight is 269 g/mol. The number of methoxy groups -OCH3 is 1. The second-order valence-electron chi connectivity index (χ2n) is 5.76. The molecular weight excluding hydrogens is 242 g/mol. The van der Waals surface area contributed by atoms with E-state index in [0.29, 0.717) is 18.8 Å². The number of esters is 1. The zero-order valence-corrected chi connectivity index (χ0v) is 12.3. The van der Waals surface area contributed by atoms with Crippen molar-refractivity contribution in [3.05, 3.63) is 0 Å². The molecule has 1 saturated carbocycles. The summed E-state index contributed by atoms with van der Waals surface area (Å²) in [5.74, 6) is 0.0722. The van der Waals surface area contributed by atoms with Crippen LogP contribution in [0.1, 0.15) is 45.4 Å². The molecule has 4 nitrogen and oxygen atoms in total. The van der Waals surface area contributed by atoms with E-state index in [1.807, 2.05) is 14.0 Å². The summed E-state index contributed by atoms with van der Waals surface area (Å²) in [5, 5.41) is 0. The van der Waals surface area contributed by atoms with Gasteiger partial charge in [-0.3, -0.25) is 9.69 Å². The van der Waals surface area contributed by atoms with Crippen LogP contribution in [0.2, 0.25) is 0 Å². The third-order valence-corrected chi connectivity index (χ3v) is 4.52. The van der Waals surface area contributed by atoms with Crippen molar-refractivity contribution in [1.82, 2.24) is 4.90 Å². The highest BCUT2D eigenvalue weighted by molar-refractivity contribution is 5.72. The summed E-state index contributed by atoms with van der Waals surface area (Å²) in [4.78, 5) is 14.4. The highest BCUT2D eigenvalue weighted by atomic mass is 16.5. The molecule has 1 saturated heterocycles. The number of nitrogens with zero attached hydrogens (tertiary/aromatic N) is 1. The summed E-state index contributed by atoms with van der Waals surface area (Å²) in [6.45, 7) is 4.37. The molecule has 1 aliphatic carbocycles. The molecule has 1 aliphatic heterocycles. The lowest BCUT2D eigenvalue weighted by molar-refractivity contribution is -0.150. The smallest absolute Gasteiger partial charge is 0.310 e. The number of hydrogen-bond donors (Lipinski definition) is 0. The quantitative estimate of drug-likeness (QED) is 0.734. The average Bonchev–Trinajstić information content (AvgIpc) is 2.48. The van der Waals surface area contributed by atoms with E-state index in [1.165, 1.54) is 19.3 Å². The monoisotopic (exact) mass is 269 g/mol. The van der Waals surface area contributed by atoms with Crippen LogP contribution in [0.15, 0.2) is 0 Å². The molecule has 2 fully saturated rings. The van der Waals surface area contributed by atoms with Crippen LogP contribution in [0, 0.1) is 5.92 Å². The van der Waals surface area contributed by atoms with E-state index in [4.69, 9.17) is 9.47 Å². The lowest BCUT2D eigenvalue weighted by Crippen LogP contribution is -2.47. The van der Waals surface area contributed by atoms with Crippen molar-refractivity contribution in [2.75, 3.05) is 26.8 Å². The largest absolute Gasteiger partial charge is 0.466 e. The van der Waals surface area contributed by atoms with E-state index >= 15 is 0 Å². The maximum atomic E-state index is 11.9. The van der Waals surface area contributed by atoms with Gasteiger partial charge in [0.2, 0.25) is 0 Å². The summed E-state index contributed by atoms with van der Waals surface area (Å²) in [6.07, 6.45) is 7.28. The molecule has 2 aliphatic rings. The minimum atomic E-state index is -0.00805. The third-order valence-electron chi connectivity index (χ3n) is 4.52. The van der Waals surface area contributed by atoms with Crippen LogP contribution in [0.3, 0.4) is 0 Å². The maximum absolute atomic E-state index is 11.9. The van der Waals surface area contributed by atoms with Crippen LogP contribution < -0.4 is 0 Å². The van der Waals surface area contributed by atoms with E-state index in [-0.39, 0.29) is 11.9 Å². The van der Waals surface area contributed by atoms with Crippen LogP contribution in [0.25, 0.3) is 0 Å². The Labute approximate surface area is 116 Å². The van der Waals surface area contributed by atoms with Crippen LogP contribution in [-0.2, 0) is 14.3 Å². The highest BCUT2D eigenvalue weighted by Gasteiger charge is 2.33. The number of hydrogen-bond acceptors (Lipinski definition) is 4. The first-order valence-electron chi connectivity index (χ1n) is 7.68. The molecule has 0 radical (unpaired) electrons. The lowest BCUT2D eigenvalue weighted by Gasteiger charge is -2.41. The van der Waals surface area contributed by atoms with Crippen molar-refractivity contribution in [1.29, 1.82) is 0 Å². The molecule has 0 aromatic carbocycles. The van der Waals surface area contributed by atoms with Gasteiger partial charge in [0.25, 0.3) is 0 Å². The molecule has 3 atom stereocenters. The second-order valence-corrected chi connectivity index (χ2v) is 5.76. The van der Waals surface area contributed by atoms with E-state index in [2.05, 4.69) is 4.90 Å². The van der Waals surface area contributed by atoms with Gasteiger partial charge in [0, 0.05) is 19.7 Å². The van der Waals surface area contributed by atoms with Gasteiger partial charge in [-0.25, -0.2) is 0 Å². The van der Waals surface area contributed by atoms with E-state index in [0.717, 1.165) is 32.4 Å². The number of likely N-dealkylation sites (tertiary alicyclic amines) is 1. The van der Waals surface area contributed by atoms with Gasteiger partial charge in [-0.15, -0.1) is 0 Å². The Morgan fingerprint density at radius 3 is 2.84 bits per heavy atom. The van der Waals surface area contributed by atoms with Crippen molar-refractivity contribution >= 4 is 5.97 Å². The number of rotatable bonds is 4. The van der Waals surface area contributed by atoms with Crippen LogP contribution >= 0.6 is 0 Å². The van der Waals surface area contributed by atoms with Gasteiger partial charge in [-0.05, 0) is 52.0 Å². The number of carbonyl (C=O) groups excluding carboxylic acids is 1. The molecule has 19 heavy (non-hydrogen) atoms. The Kier molecular flexibility index (Phi) is 5.64. The number of carbonyl (C=O) groups is 1. The fourth-order valence-corrected chi connectivity index (χ4v) is 3.46. The Morgan fingerprint density at radius 2 is 2.11 bits per heavy atom. The second kappa shape index (κ2) is 7.25. The van der Waals surface area contributed by atoms with Gasteiger partial charge in [-0.1, -0.05) is 0 Å². The molecule has 2 rings (SSSR count). The Balaban J connectivity index is 1.87. The maximum Gasteiger partial charge on any atom is 0.310 e. The SMILES string of the molecule is CCOC(=O)[C@H]1CCCN(C2CCCC(OC)C2)C1. The molecule has 2 unspecified atom stereocenters. The van der Waals surface area contributed by atoms with Gasteiger partial charge < -0.3 is 9.47 Å². The van der Waals surface area contributed by atoms with Gasteiger partial charge in [0.1, 0.15) is 0 Å². The predicted molar refractivity (Wildman–Crippen MR) is 74.0 cm³/mol. The van der Waals surface area contributed by atoms with Gasteiger partial charge >= 0.3 is 5.97 Å². The fourth-order valence-electron chi connectivity index (χ4n) is 3.46. The Morgan fingerprint density at radius 1 is 1.26 bits per heavy atom. The number of ether oxygens (including phenoxy) is 2. The van der Waals surface area contributed by atoms with Gasteiger partial charge in [0.15, 0.2) is 0 Å². The summed E-state index contributed by atoms with van der Waals surface area (Å²) in [7, 11) is 1.81. The molecule has 1 heterocycles. The topological polar surface area (TPSA) is 38.8 Å². The molecule has 110 valence electrons. The normalized spacial score (nSPS) is 33.1. The summed E-state index contributed by atoms with van der Waals surface area (Å²) < 4.78 is 10.7.